The highest BCUT2D eigenvalue weighted by Crippen LogP contribution is 2.21. The van der Waals surface area contributed by atoms with Gasteiger partial charge in [0.25, 0.3) is 0 Å². The molecule has 0 bridgehead atoms. The highest BCUT2D eigenvalue weighted by Gasteiger charge is 2.18. The molecule has 0 saturated heterocycles. The molecule has 2 nitrogen and oxygen atoms in total. The first kappa shape index (κ1) is 8.31. The van der Waals surface area contributed by atoms with Gasteiger partial charge in [-0.25, -0.2) is 0 Å². The molecule has 1 saturated carbocycles. The highest BCUT2D eigenvalue weighted by molar-refractivity contribution is 5.78. The SMILES string of the molecule is C=COCC1CCC(=O)CC1. The second-order valence-corrected chi connectivity index (χ2v) is 2.98. The van der Waals surface area contributed by atoms with E-state index in [1.165, 1.54) is 6.26 Å². The maximum Gasteiger partial charge on any atom is 0.132 e. The molecular formula is C9H14O2. The number of ketones is 1. The molecule has 2 heteroatoms. The molecule has 0 unspecified atom stereocenters. The van der Waals surface area contributed by atoms with Crippen LogP contribution in [0.4, 0.5) is 0 Å². The first-order chi connectivity index (χ1) is 5.33. The Bertz CT molecular complexity index is 139. The van der Waals surface area contributed by atoms with Crippen molar-refractivity contribution in [3.05, 3.63) is 12.8 Å². The minimum Gasteiger partial charge on any atom is -0.502 e. The molecule has 1 aliphatic rings. The van der Waals surface area contributed by atoms with Gasteiger partial charge in [-0.2, -0.15) is 0 Å². The lowest BCUT2D eigenvalue weighted by Crippen LogP contribution is -2.17. The number of rotatable bonds is 3. The molecule has 0 heterocycles. The molecule has 11 heavy (non-hydrogen) atoms. The number of hydrogen-bond acceptors (Lipinski definition) is 2. The summed E-state index contributed by atoms with van der Waals surface area (Å²) in [7, 11) is 0. The van der Waals surface area contributed by atoms with Gasteiger partial charge in [0, 0.05) is 12.8 Å². The number of hydrogen-bond donors (Lipinski definition) is 0. The summed E-state index contributed by atoms with van der Waals surface area (Å²) < 4.78 is 5.06. The molecule has 0 N–H and O–H groups in total. The fourth-order valence-corrected chi connectivity index (χ4v) is 1.37. The average molecular weight is 154 g/mol. The van der Waals surface area contributed by atoms with Crippen molar-refractivity contribution >= 4 is 5.78 Å². The van der Waals surface area contributed by atoms with Gasteiger partial charge in [0.1, 0.15) is 5.78 Å². The number of Topliss-reactive ketones (excluding diaryl/α,β-unsaturated/α-hetero) is 1. The minimum atomic E-state index is 0.403. The van der Waals surface area contributed by atoms with Crippen LogP contribution in [0.15, 0.2) is 12.8 Å². The van der Waals surface area contributed by atoms with Crippen molar-refractivity contribution < 1.29 is 9.53 Å². The predicted molar refractivity (Wildman–Crippen MR) is 43.1 cm³/mol. The van der Waals surface area contributed by atoms with Gasteiger partial charge >= 0.3 is 0 Å². The van der Waals surface area contributed by atoms with Crippen molar-refractivity contribution in [3.8, 4) is 0 Å². The van der Waals surface area contributed by atoms with Gasteiger partial charge in [0.2, 0.25) is 0 Å². The van der Waals surface area contributed by atoms with Gasteiger partial charge in [-0.1, -0.05) is 6.58 Å². The molecule has 0 aromatic carbocycles. The normalized spacial score (nSPS) is 19.8. The Labute approximate surface area is 67.2 Å². The predicted octanol–water partition coefficient (Wildman–Crippen LogP) is 1.91. The van der Waals surface area contributed by atoms with E-state index in [0.29, 0.717) is 11.7 Å². The molecule has 1 fully saturated rings. The van der Waals surface area contributed by atoms with Crippen LogP contribution in [0.5, 0.6) is 0 Å². The second kappa shape index (κ2) is 4.16. The standard InChI is InChI=1S/C9H14O2/c1-2-11-7-8-3-5-9(10)6-4-8/h2,8H,1,3-7H2. The van der Waals surface area contributed by atoms with E-state index in [2.05, 4.69) is 6.58 Å². The number of ether oxygens (including phenoxy) is 1. The lowest BCUT2D eigenvalue weighted by atomic mass is 9.89. The zero-order valence-electron chi connectivity index (χ0n) is 6.71. The van der Waals surface area contributed by atoms with Crippen LogP contribution in [-0.2, 0) is 9.53 Å². The number of carbonyl (C=O) groups excluding carboxylic acids is 1. The first-order valence-electron chi connectivity index (χ1n) is 4.07. The van der Waals surface area contributed by atoms with Crippen molar-refractivity contribution in [2.24, 2.45) is 5.92 Å². The highest BCUT2D eigenvalue weighted by atomic mass is 16.5. The van der Waals surface area contributed by atoms with Crippen molar-refractivity contribution in [2.45, 2.75) is 25.7 Å². The van der Waals surface area contributed by atoms with Crippen LogP contribution in [0.3, 0.4) is 0 Å². The molecule has 0 atom stereocenters. The van der Waals surface area contributed by atoms with E-state index < -0.39 is 0 Å². The Morgan fingerprint density at radius 3 is 2.73 bits per heavy atom. The Balaban J connectivity index is 2.16. The van der Waals surface area contributed by atoms with Crippen LogP contribution in [0.2, 0.25) is 0 Å². The zero-order chi connectivity index (χ0) is 8.10. The second-order valence-electron chi connectivity index (χ2n) is 2.98. The van der Waals surface area contributed by atoms with Crippen LogP contribution in [0.1, 0.15) is 25.7 Å². The van der Waals surface area contributed by atoms with Crippen LogP contribution in [0, 0.1) is 5.92 Å². The van der Waals surface area contributed by atoms with Crippen molar-refractivity contribution in [3.63, 3.8) is 0 Å². The largest absolute Gasteiger partial charge is 0.502 e. The fourth-order valence-electron chi connectivity index (χ4n) is 1.37. The molecule has 0 aromatic rings. The Morgan fingerprint density at radius 1 is 1.55 bits per heavy atom. The quantitative estimate of drug-likeness (QED) is 0.580. The lowest BCUT2D eigenvalue weighted by molar-refractivity contribution is -0.121. The Morgan fingerprint density at radius 2 is 2.18 bits per heavy atom. The summed E-state index contributed by atoms with van der Waals surface area (Å²) in [6.45, 7) is 4.20. The van der Waals surface area contributed by atoms with E-state index in [-0.39, 0.29) is 0 Å². The zero-order valence-corrected chi connectivity index (χ0v) is 6.71. The maximum atomic E-state index is 10.8. The summed E-state index contributed by atoms with van der Waals surface area (Å²) in [6, 6.07) is 0. The molecular weight excluding hydrogens is 140 g/mol. The van der Waals surface area contributed by atoms with Gasteiger partial charge in [-0.15, -0.1) is 0 Å². The molecule has 0 radical (unpaired) electrons. The van der Waals surface area contributed by atoms with Gasteiger partial charge < -0.3 is 4.74 Å². The van der Waals surface area contributed by atoms with Gasteiger partial charge in [0.05, 0.1) is 12.9 Å². The molecule has 1 rings (SSSR count). The third-order valence-corrected chi connectivity index (χ3v) is 2.11. The van der Waals surface area contributed by atoms with Crippen molar-refractivity contribution in [2.75, 3.05) is 6.61 Å². The van der Waals surface area contributed by atoms with E-state index in [1.807, 2.05) is 0 Å². The van der Waals surface area contributed by atoms with Crippen LogP contribution >= 0.6 is 0 Å². The first-order valence-corrected chi connectivity index (χ1v) is 4.07. The maximum absolute atomic E-state index is 10.8. The summed E-state index contributed by atoms with van der Waals surface area (Å²) in [5.41, 5.74) is 0. The summed E-state index contributed by atoms with van der Waals surface area (Å²) in [5, 5.41) is 0. The molecule has 62 valence electrons. The summed E-state index contributed by atoms with van der Waals surface area (Å²) in [6.07, 6.45) is 4.94. The molecule has 0 aromatic heterocycles. The van der Waals surface area contributed by atoms with E-state index in [9.17, 15) is 4.79 Å². The van der Waals surface area contributed by atoms with E-state index >= 15 is 0 Å². The van der Waals surface area contributed by atoms with Gasteiger partial charge in [0.15, 0.2) is 0 Å². The van der Waals surface area contributed by atoms with Gasteiger partial charge in [-0.05, 0) is 18.8 Å². The van der Waals surface area contributed by atoms with Crippen molar-refractivity contribution in [1.82, 2.24) is 0 Å². The van der Waals surface area contributed by atoms with E-state index in [1.54, 1.807) is 0 Å². The molecule has 0 spiro atoms. The summed E-state index contributed by atoms with van der Waals surface area (Å²) in [5.74, 6) is 0.977. The lowest BCUT2D eigenvalue weighted by Gasteiger charge is -2.19. The minimum absolute atomic E-state index is 0.403. The Kier molecular flexibility index (Phi) is 3.14. The fraction of sp³-hybridized carbons (Fsp3) is 0.667. The molecule has 1 aliphatic carbocycles. The monoisotopic (exact) mass is 154 g/mol. The van der Waals surface area contributed by atoms with Crippen LogP contribution in [-0.4, -0.2) is 12.4 Å². The van der Waals surface area contributed by atoms with Crippen LogP contribution < -0.4 is 0 Å². The van der Waals surface area contributed by atoms with Crippen molar-refractivity contribution in [1.29, 1.82) is 0 Å². The third kappa shape index (κ3) is 2.74. The van der Waals surface area contributed by atoms with Crippen LogP contribution in [0.25, 0.3) is 0 Å². The molecule has 0 aliphatic heterocycles. The third-order valence-electron chi connectivity index (χ3n) is 2.11. The summed E-state index contributed by atoms with van der Waals surface area (Å²) in [4.78, 5) is 10.8. The average Bonchev–Trinajstić information content (AvgIpc) is 2.04. The summed E-state index contributed by atoms with van der Waals surface area (Å²) >= 11 is 0. The number of carbonyl (C=O) groups is 1. The Hall–Kier alpha value is -0.790. The molecule has 0 amide bonds. The van der Waals surface area contributed by atoms with Gasteiger partial charge in [-0.3, -0.25) is 4.79 Å². The topological polar surface area (TPSA) is 26.3 Å². The smallest absolute Gasteiger partial charge is 0.132 e. The van der Waals surface area contributed by atoms with E-state index in [4.69, 9.17) is 4.74 Å². The van der Waals surface area contributed by atoms with E-state index in [0.717, 1.165) is 32.3 Å².